The fourth-order valence-electron chi connectivity index (χ4n) is 1.53. The number of halogens is 1. The Morgan fingerprint density at radius 1 is 1.38 bits per heavy atom. The highest BCUT2D eigenvalue weighted by atomic mass is 35.5. The van der Waals surface area contributed by atoms with Gasteiger partial charge in [-0.1, -0.05) is 16.8 Å². The number of carbonyl (C=O) groups is 2. The molecule has 0 fully saturated rings. The molecule has 1 aromatic carbocycles. The van der Waals surface area contributed by atoms with Gasteiger partial charge in [-0.15, -0.1) is 0 Å². The predicted molar refractivity (Wildman–Crippen MR) is 73.3 cm³/mol. The molecule has 2 aromatic rings. The number of carboxylic acid groups (broad SMARTS) is 1. The topological polar surface area (TPSA) is 117 Å². The second-order valence-corrected chi connectivity index (χ2v) is 4.51. The Hall–Kier alpha value is -2.61. The fraction of sp³-hybridized carbons (Fsp3) is 0.167. The van der Waals surface area contributed by atoms with Crippen LogP contribution < -0.4 is 10.6 Å². The number of amides is 2. The molecule has 2 rings (SSSR count). The Kier molecular flexibility index (Phi) is 4.39. The molecule has 1 aromatic heterocycles. The minimum Gasteiger partial charge on any atom is -0.478 e. The number of carbonyl (C=O) groups excluding carboxylic acids is 1. The molecule has 0 spiro atoms. The summed E-state index contributed by atoms with van der Waals surface area (Å²) >= 11 is 5.78. The van der Waals surface area contributed by atoms with E-state index in [1.807, 2.05) is 0 Å². The van der Waals surface area contributed by atoms with E-state index in [0.717, 1.165) is 0 Å². The number of anilines is 1. The van der Waals surface area contributed by atoms with E-state index in [1.165, 1.54) is 18.2 Å². The first-order chi connectivity index (χ1) is 9.94. The molecule has 0 bridgehead atoms. The molecule has 0 aliphatic heterocycles. The lowest BCUT2D eigenvalue weighted by Crippen LogP contribution is -2.28. The van der Waals surface area contributed by atoms with Crippen LogP contribution in [0.2, 0.25) is 5.02 Å². The second kappa shape index (κ2) is 6.23. The van der Waals surface area contributed by atoms with Crippen molar-refractivity contribution in [1.29, 1.82) is 0 Å². The molecular weight excluding hydrogens is 300 g/mol. The quantitative estimate of drug-likeness (QED) is 0.795. The summed E-state index contributed by atoms with van der Waals surface area (Å²) in [6, 6.07) is 3.47. The lowest BCUT2D eigenvalue weighted by molar-refractivity contribution is 0.0697. The van der Waals surface area contributed by atoms with Gasteiger partial charge in [-0.3, -0.25) is 0 Å². The van der Waals surface area contributed by atoms with Crippen LogP contribution in [0.1, 0.15) is 22.1 Å². The first-order valence-corrected chi connectivity index (χ1v) is 6.20. The average Bonchev–Trinajstić information content (AvgIpc) is 2.81. The minimum absolute atomic E-state index is 0.0228. The smallest absolute Gasteiger partial charge is 0.335 e. The molecule has 0 saturated carbocycles. The Balaban J connectivity index is 1.97. The number of urea groups is 1. The van der Waals surface area contributed by atoms with Crippen molar-refractivity contribution in [1.82, 2.24) is 15.5 Å². The van der Waals surface area contributed by atoms with Crippen LogP contribution in [0.5, 0.6) is 0 Å². The van der Waals surface area contributed by atoms with E-state index in [0.29, 0.717) is 5.82 Å². The van der Waals surface area contributed by atoms with E-state index in [1.54, 1.807) is 6.92 Å². The third kappa shape index (κ3) is 4.18. The summed E-state index contributed by atoms with van der Waals surface area (Å²) in [6.07, 6.45) is 0. The van der Waals surface area contributed by atoms with Gasteiger partial charge in [-0.25, -0.2) is 9.59 Å². The SMILES string of the molecule is Cc1noc(CNC(=O)Nc2cc(Cl)cc(C(=O)O)c2)n1. The number of rotatable bonds is 4. The first kappa shape index (κ1) is 14.8. The summed E-state index contributed by atoms with van der Waals surface area (Å²) in [5.41, 5.74) is 0.240. The monoisotopic (exact) mass is 310 g/mol. The highest BCUT2D eigenvalue weighted by molar-refractivity contribution is 6.31. The van der Waals surface area contributed by atoms with E-state index in [9.17, 15) is 9.59 Å². The second-order valence-electron chi connectivity index (χ2n) is 4.08. The molecule has 0 radical (unpaired) electrons. The lowest BCUT2D eigenvalue weighted by Gasteiger charge is -2.07. The summed E-state index contributed by atoms with van der Waals surface area (Å²) in [4.78, 5) is 26.5. The molecule has 110 valence electrons. The van der Waals surface area contributed by atoms with Crippen LogP contribution in [0.25, 0.3) is 0 Å². The number of hydrogen-bond acceptors (Lipinski definition) is 5. The normalized spacial score (nSPS) is 10.2. The zero-order valence-corrected chi connectivity index (χ0v) is 11.6. The van der Waals surface area contributed by atoms with Gasteiger partial charge >= 0.3 is 12.0 Å². The van der Waals surface area contributed by atoms with Crippen LogP contribution >= 0.6 is 11.6 Å². The van der Waals surface area contributed by atoms with E-state index in [2.05, 4.69) is 20.8 Å². The summed E-state index contributed by atoms with van der Waals surface area (Å²) in [7, 11) is 0. The zero-order valence-electron chi connectivity index (χ0n) is 10.9. The van der Waals surface area contributed by atoms with Crippen LogP contribution in [0, 0.1) is 6.92 Å². The van der Waals surface area contributed by atoms with E-state index >= 15 is 0 Å². The van der Waals surface area contributed by atoms with Gasteiger partial charge in [0.05, 0.1) is 12.1 Å². The van der Waals surface area contributed by atoms with Gasteiger partial charge in [0.25, 0.3) is 0 Å². The molecule has 1 heterocycles. The Bertz CT molecular complexity index is 686. The van der Waals surface area contributed by atoms with Crippen molar-refractivity contribution in [2.75, 3.05) is 5.32 Å². The fourth-order valence-corrected chi connectivity index (χ4v) is 1.76. The number of nitrogens with one attached hydrogen (secondary N) is 2. The van der Waals surface area contributed by atoms with Crippen LogP contribution in [0.3, 0.4) is 0 Å². The van der Waals surface area contributed by atoms with Crippen LogP contribution in [0.15, 0.2) is 22.7 Å². The van der Waals surface area contributed by atoms with Crippen molar-refractivity contribution in [3.05, 3.63) is 40.5 Å². The van der Waals surface area contributed by atoms with E-state index < -0.39 is 12.0 Å². The molecule has 0 unspecified atom stereocenters. The van der Waals surface area contributed by atoms with Crippen molar-refractivity contribution >= 4 is 29.3 Å². The molecule has 3 N–H and O–H groups in total. The van der Waals surface area contributed by atoms with Gasteiger partial charge in [0, 0.05) is 10.7 Å². The lowest BCUT2D eigenvalue weighted by atomic mass is 10.2. The standard InChI is InChI=1S/C12H11ClN4O4/c1-6-15-10(21-17-6)5-14-12(20)16-9-3-7(11(18)19)2-8(13)4-9/h2-4H,5H2,1H3,(H,18,19)(H2,14,16,20). The summed E-state index contributed by atoms with van der Waals surface area (Å²) in [5.74, 6) is -0.407. The number of aromatic nitrogens is 2. The zero-order chi connectivity index (χ0) is 15.4. The van der Waals surface area contributed by atoms with Crippen LogP contribution in [-0.2, 0) is 6.54 Å². The van der Waals surface area contributed by atoms with E-state index in [4.69, 9.17) is 21.2 Å². The van der Waals surface area contributed by atoms with Gasteiger partial charge in [-0.2, -0.15) is 4.98 Å². The highest BCUT2D eigenvalue weighted by Crippen LogP contribution is 2.19. The molecular formula is C12H11ClN4O4. The van der Waals surface area contributed by atoms with Gasteiger partial charge in [0.2, 0.25) is 5.89 Å². The maximum absolute atomic E-state index is 11.7. The van der Waals surface area contributed by atoms with Crippen molar-refractivity contribution < 1.29 is 19.2 Å². The average molecular weight is 311 g/mol. The third-order valence-corrected chi connectivity index (χ3v) is 2.59. The molecule has 0 saturated heterocycles. The number of aryl methyl sites for hydroxylation is 1. The maximum Gasteiger partial charge on any atom is 0.335 e. The van der Waals surface area contributed by atoms with Crippen molar-refractivity contribution in [2.24, 2.45) is 0 Å². The van der Waals surface area contributed by atoms with Gasteiger partial charge in [0.15, 0.2) is 5.82 Å². The number of hydrogen-bond donors (Lipinski definition) is 3. The van der Waals surface area contributed by atoms with Crippen molar-refractivity contribution in [2.45, 2.75) is 13.5 Å². The number of aromatic carboxylic acids is 1. The van der Waals surface area contributed by atoms with Crippen molar-refractivity contribution in [3.63, 3.8) is 0 Å². The molecule has 2 amide bonds. The molecule has 21 heavy (non-hydrogen) atoms. The molecule has 0 aliphatic rings. The number of carboxylic acids is 1. The van der Waals surface area contributed by atoms with E-state index in [-0.39, 0.29) is 28.7 Å². The van der Waals surface area contributed by atoms with Gasteiger partial charge in [0.1, 0.15) is 0 Å². The molecule has 9 heteroatoms. The minimum atomic E-state index is -1.14. The highest BCUT2D eigenvalue weighted by Gasteiger charge is 2.09. The summed E-state index contributed by atoms with van der Waals surface area (Å²) < 4.78 is 4.83. The van der Waals surface area contributed by atoms with Crippen LogP contribution in [-0.4, -0.2) is 27.2 Å². The van der Waals surface area contributed by atoms with Gasteiger partial charge < -0.3 is 20.3 Å². The number of nitrogens with zero attached hydrogens (tertiary/aromatic N) is 2. The molecule has 8 nitrogen and oxygen atoms in total. The predicted octanol–water partition coefficient (Wildman–Crippen LogP) is 2.05. The summed E-state index contributed by atoms with van der Waals surface area (Å²) in [5, 5.41) is 17.7. The first-order valence-electron chi connectivity index (χ1n) is 5.82. The Morgan fingerprint density at radius 2 is 2.14 bits per heavy atom. The summed E-state index contributed by atoms with van der Waals surface area (Å²) in [6.45, 7) is 1.71. The maximum atomic E-state index is 11.7. The Labute approximate surface area is 124 Å². The molecule has 0 aliphatic carbocycles. The number of benzene rings is 1. The third-order valence-electron chi connectivity index (χ3n) is 2.37. The Morgan fingerprint density at radius 3 is 2.76 bits per heavy atom. The van der Waals surface area contributed by atoms with Gasteiger partial charge in [-0.05, 0) is 25.1 Å². The largest absolute Gasteiger partial charge is 0.478 e. The molecule has 0 atom stereocenters. The van der Waals surface area contributed by atoms with Crippen LogP contribution in [0.4, 0.5) is 10.5 Å². The van der Waals surface area contributed by atoms with Crippen molar-refractivity contribution in [3.8, 4) is 0 Å².